The number of nitrogens with zero attached hydrogens (tertiary/aromatic N) is 2. The van der Waals surface area contributed by atoms with Gasteiger partial charge < -0.3 is 10.6 Å². The predicted octanol–water partition coefficient (Wildman–Crippen LogP) is 1.20. The van der Waals surface area contributed by atoms with Crippen molar-refractivity contribution >= 4 is 5.91 Å². The molecule has 1 aliphatic heterocycles. The molecule has 17 heavy (non-hydrogen) atoms. The van der Waals surface area contributed by atoms with Crippen LogP contribution in [0.25, 0.3) is 0 Å². The van der Waals surface area contributed by atoms with E-state index in [0.717, 1.165) is 5.69 Å². The van der Waals surface area contributed by atoms with Crippen LogP contribution in [0.4, 0.5) is 0 Å². The van der Waals surface area contributed by atoms with Crippen molar-refractivity contribution in [3.8, 4) is 0 Å². The van der Waals surface area contributed by atoms with Gasteiger partial charge in [-0.1, -0.05) is 19.9 Å². The van der Waals surface area contributed by atoms with E-state index < -0.39 is 0 Å². The molecule has 0 bridgehead atoms. The number of likely N-dealkylation sites (tertiary alicyclic amines) is 1. The Bertz CT molecular complexity index is 436. The van der Waals surface area contributed by atoms with Gasteiger partial charge in [-0.05, 0) is 25.0 Å². The molecule has 0 spiro atoms. The second kappa shape index (κ2) is 4.11. The third-order valence-electron chi connectivity index (χ3n) is 3.51. The summed E-state index contributed by atoms with van der Waals surface area (Å²) in [6, 6.07) is 5.49. The molecular weight excluding hydrogens is 214 g/mol. The quantitative estimate of drug-likeness (QED) is 0.835. The predicted molar refractivity (Wildman–Crippen MR) is 66.6 cm³/mol. The summed E-state index contributed by atoms with van der Waals surface area (Å²) in [6.45, 7) is 7.31. The number of aromatic nitrogens is 1. The molecule has 2 N–H and O–H groups in total. The molecule has 2 heterocycles. The van der Waals surface area contributed by atoms with Crippen LogP contribution in [0.15, 0.2) is 18.2 Å². The van der Waals surface area contributed by atoms with Gasteiger partial charge in [0.05, 0.1) is 5.54 Å². The van der Waals surface area contributed by atoms with Crippen molar-refractivity contribution in [3.63, 3.8) is 0 Å². The highest BCUT2D eigenvalue weighted by atomic mass is 16.2. The summed E-state index contributed by atoms with van der Waals surface area (Å²) in [5.74, 6) is 0.368. The van der Waals surface area contributed by atoms with Gasteiger partial charge >= 0.3 is 0 Å². The highest BCUT2D eigenvalue weighted by molar-refractivity contribution is 5.93. The van der Waals surface area contributed by atoms with Gasteiger partial charge in [0, 0.05) is 18.8 Å². The molecular formula is C13H19N3O. The zero-order valence-corrected chi connectivity index (χ0v) is 10.6. The lowest BCUT2D eigenvalue weighted by atomic mass is 9.80. The number of pyridine rings is 1. The third-order valence-corrected chi connectivity index (χ3v) is 3.51. The number of carbonyl (C=O) groups is 1. The molecule has 0 radical (unpaired) electrons. The lowest BCUT2D eigenvalue weighted by Crippen LogP contribution is -2.71. The monoisotopic (exact) mass is 233 g/mol. The molecule has 1 amide bonds. The summed E-state index contributed by atoms with van der Waals surface area (Å²) in [4.78, 5) is 18.1. The lowest BCUT2D eigenvalue weighted by Gasteiger charge is -2.50. The van der Waals surface area contributed by atoms with Crippen LogP contribution in [0.3, 0.4) is 0 Å². The summed E-state index contributed by atoms with van der Waals surface area (Å²) in [7, 11) is 0. The van der Waals surface area contributed by atoms with E-state index in [4.69, 9.17) is 5.73 Å². The fourth-order valence-corrected chi connectivity index (χ4v) is 2.00. The minimum atomic E-state index is -0.223. The molecule has 0 atom stereocenters. The van der Waals surface area contributed by atoms with Crippen molar-refractivity contribution in [1.82, 2.24) is 9.88 Å². The van der Waals surface area contributed by atoms with Gasteiger partial charge in [0.1, 0.15) is 5.69 Å². The van der Waals surface area contributed by atoms with Crippen LogP contribution in [0.1, 0.15) is 30.0 Å². The minimum absolute atomic E-state index is 0.0181. The second-order valence-corrected chi connectivity index (χ2v) is 5.21. The number of carbonyl (C=O) groups excluding carboxylic acids is 1. The van der Waals surface area contributed by atoms with E-state index in [-0.39, 0.29) is 11.4 Å². The maximum atomic E-state index is 12.1. The Morgan fingerprint density at radius 2 is 2.12 bits per heavy atom. The van der Waals surface area contributed by atoms with Crippen LogP contribution in [-0.2, 0) is 0 Å². The van der Waals surface area contributed by atoms with E-state index in [1.54, 1.807) is 11.0 Å². The molecule has 4 nitrogen and oxygen atoms in total. The standard InChI is InChI=1S/C13H19N3O/c1-9(2)13(14)7-16(8-13)12(17)11-6-4-5-10(3)15-11/h4-6,9H,7-8,14H2,1-3H3. The number of rotatable bonds is 2. The van der Waals surface area contributed by atoms with E-state index >= 15 is 0 Å². The van der Waals surface area contributed by atoms with Gasteiger partial charge in [0.2, 0.25) is 0 Å². The zero-order valence-electron chi connectivity index (χ0n) is 10.6. The van der Waals surface area contributed by atoms with E-state index in [2.05, 4.69) is 18.8 Å². The highest BCUT2D eigenvalue weighted by Crippen LogP contribution is 2.27. The second-order valence-electron chi connectivity index (χ2n) is 5.21. The van der Waals surface area contributed by atoms with E-state index in [1.807, 2.05) is 19.1 Å². The molecule has 4 heteroatoms. The Labute approximate surface area is 102 Å². The summed E-state index contributed by atoms with van der Waals surface area (Å²) in [5, 5.41) is 0. The molecule has 0 unspecified atom stereocenters. The van der Waals surface area contributed by atoms with Crippen molar-refractivity contribution < 1.29 is 4.79 Å². The number of nitrogens with two attached hydrogens (primary N) is 1. The van der Waals surface area contributed by atoms with Gasteiger partial charge in [-0.3, -0.25) is 4.79 Å². The van der Waals surface area contributed by atoms with Gasteiger partial charge in [0.15, 0.2) is 0 Å². The van der Waals surface area contributed by atoms with Gasteiger partial charge in [-0.15, -0.1) is 0 Å². The number of amides is 1. The van der Waals surface area contributed by atoms with E-state index in [9.17, 15) is 4.79 Å². The Kier molecular flexibility index (Phi) is 2.91. The van der Waals surface area contributed by atoms with Crippen LogP contribution in [0, 0.1) is 12.8 Å². The average Bonchev–Trinajstić information content (AvgIpc) is 2.23. The Hall–Kier alpha value is -1.42. The van der Waals surface area contributed by atoms with Crippen LogP contribution in [0.2, 0.25) is 0 Å². The summed E-state index contributed by atoms with van der Waals surface area (Å²) >= 11 is 0. The van der Waals surface area contributed by atoms with E-state index in [1.165, 1.54) is 0 Å². The Morgan fingerprint density at radius 1 is 1.47 bits per heavy atom. The molecule has 1 aliphatic rings. The number of aryl methyl sites for hydroxylation is 1. The minimum Gasteiger partial charge on any atom is -0.333 e. The molecule has 1 fully saturated rings. The lowest BCUT2D eigenvalue weighted by molar-refractivity contribution is 0.0269. The normalized spacial score (nSPS) is 18.1. The van der Waals surface area contributed by atoms with Gasteiger partial charge in [-0.2, -0.15) is 0 Å². The fraction of sp³-hybridized carbons (Fsp3) is 0.538. The van der Waals surface area contributed by atoms with Crippen LogP contribution >= 0.6 is 0 Å². The SMILES string of the molecule is Cc1cccc(C(=O)N2CC(N)(C(C)C)C2)n1. The molecule has 92 valence electrons. The smallest absolute Gasteiger partial charge is 0.272 e. The first-order valence-electron chi connectivity index (χ1n) is 5.94. The fourth-order valence-electron chi connectivity index (χ4n) is 2.00. The first kappa shape index (κ1) is 12.0. The summed E-state index contributed by atoms with van der Waals surface area (Å²) in [5.41, 5.74) is 7.32. The molecule has 1 aromatic rings. The summed E-state index contributed by atoms with van der Waals surface area (Å²) in [6.07, 6.45) is 0. The first-order valence-corrected chi connectivity index (χ1v) is 5.94. The first-order chi connectivity index (χ1) is 7.92. The maximum Gasteiger partial charge on any atom is 0.272 e. The maximum absolute atomic E-state index is 12.1. The molecule has 1 saturated heterocycles. The number of hydrogen-bond acceptors (Lipinski definition) is 3. The van der Waals surface area contributed by atoms with Crippen molar-refractivity contribution in [2.24, 2.45) is 11.7 Å². The molecule has 0 aliphatic carbocycles. The van der Waals surface area contributed by atoms with Crippen LogP contribution in [-0.4, -0.2) is 34.4 Å². The Balaban J connectivity index is 2.05. The van der Waals surface area contributed by atoms with Crippen molar-refractivity contribution in [1.29, 1.82) is 0 Å². The van der Waals surface area contributed by atoms with Crippen molar-refractivity contribution in [2.45, 2.75) is 26.3 Å². The summed E-state index contributed by atoms with van der Waals surface area (Å²) < 4.78 is 0. The molecule has 0 saturated carbocycles. The average molecular weight is 233 g/mol. The molecule has 2 rings (SSSR count). The van der Waals surface area contributed by atoms with Crippen molar-refractivity contribution in [2.75, 3.05) is 13.1 Å². The van der Waals surface area contributed by atoms with Crippen LogP contribution in [0.5, 0.6) is 0 Å². The van der Waals surface area contributed by atoms with Crippen LogP contribution < -0.4 is 5.73 Å². The molecule has 1 aromatic heterocycles. The Morgan fingerprint density at radius 3 is 2.65 bits per heavy atom. The third kappa shape index (κ3) is 2.17. The van der Waals surface area contributed by atoms with Crippen molar-refractivity contribution in [3.05, 3.63) is 29.6 Å². The van der Waals surface area contributed by atoms with Gasteiger partial charge in [0.25, 0.3) is 5.91 Å². The molecule has 0 aromatic carbocycles. The van der Waals surface area contributed by atoms with Gasteiger partial charge in [-0.25, -0.2) is 4.98 Å². The zero-order chi connectivity index (χ0) is 12.6. The highest BCUT2D eigenvalue weighted by Gasteiger charge is 2.44. The topological polar surface area (TPSA) is 59.2 Å². The number of hydrogen-bond donors (Lipinski definition) is 1. The largest absolute Gasteiger partial charge is 0.333 e. The van der Waals surface area contributed by atoms with E-state index in [0.29, 0.717) is 24.7 Å².